The van der Waals surface area contributed by atoms with Crippen LogP contribution in [0.2, 0.25) is 0 Å². The van der Waals surface area contributed by atoms with Gasteiger partial charge in [-0.1, -0.05) is 25.1 Å². The number of rotatable bonds is 4. The molecule has 0 aliphatic heterocycles. The molecule has 1 unspecified atom stereocenters. The Morgan fingerprint density at radius 3 is 2.35 bits per heavy atom. The van der Waals surface area contributed by atoms with E-state index in [1.165, 1.54) is 23.1 Å². The minimum absolute atomic E-state index is 0.141. The van der Waals surface area contributed by atoms with Crippen molar-refractivity contribution < 1.29 is 18.0 Å². The number of alkyl halides is 3. The zero-order valence-corrected chi connectivity index (χ0v) is 17.3. The van der Waals surface area contributed by atoms with E-state index >= 15 is 0 Å². The molecule has 3 aromatic rings. The molecular weight excluding hydrogens is 401 g/mol. The smallest absolute Gasteiger partial charge is 0.326 e. The highest BCUT2D eigenvalue weighted by molar-refractivity contribution is 5.92. The summed E-state index contributed by atoms with van der Waals surface area (Å²) < 4.78 is 38.1. The predicted molar refractivity (Wildman–Crippen MR) is 116 cm³/mol. The Balaban J connectivity index is 1.36. The van der Waals surface area contributed by atoms with Gasteiger partial charge in [-0.3, -0.25) is 9.78 Å². The van der Waals surface area contributed by atoms with Crippen molar-refractivity contribution in [2.75, 3.05) is 5.32 Å². The molecule has 1 atom stereocenters. The van der Waals surface area contributed by atoms with E-state index in [0.29, 0.717) is 11.6 Å². The van der Waals surface area contributed by atoms with Gasteiger partial charge >= 0.3 is 6.18 Å². The van der Waals surface area contributed by atoms with Crippen LogP contribution >= 0.6 is 0 Å². The fourth-order valence-corrected chi connectivity index (χ4v) is 4.62. The van der Waals surface area contributed by atoms with Gasteiger partial charge in [-0.25, -0.2) is 0 Å². The molecule has 2 aromatic carbocycles. The van der Waals surface area contributed by atoms with E-state index in [0.717, 1.165) is 43.3 Å². The number of aromatic nitrogens is 1. The Morgan fingerprint density at radius 1 is 1.00 bits per heavy atom. The number of carbonyl (C=O) groups is 1. The lowest BCUT2D eigenvalue weighted by atomic mass is 9.73. The molecule has 4 rings (SSSR count). The zero-order valence-electron chi connectivity index (χ0n) is 17.3. The van der Waals surface area contributed by atoms with Crippen LogP contribution in [0.25, 0.3) is 10.9 Å². The molecule has 31 heavy (non-hydrogen) atoms. The van der Waals surface area contributed by atoms with Crippen LogP contribution in [0.15, 0.2) is 60.8 Å². The zero-order chi connectivity index (χ0) is 22.0. The summed E-state index contributed by atoms with van der Waals surface area (Å²) in [5.74, 6) is 0.378. The highest BCUT2D eigenvalue weighted by Crippen LogP contribution is 2.41. The summed E-state index contributed by atoms with van der Waals surface area (Å²) in [6, 6.07) is 14.9. The van der Waals surface area contributed by atoms with E-state index < -0.39 is 11.7 Å². The van der Waals surface area contributed by atoms with E-state index in [-0.39, 0.29) is 17.7 Å². The summed E-state index contributed by atoms with van der Waals surface area (Å²) in [4.78, 5) is 17.1. The second-order valence-corrected chi connectivity index (χ2v) is 8.38. The Kier molecular flexibility index (Phi) is 5.99. The number of benzene rings is 2. The van der Waals surface area contributed by atoms with Gasteiger partial charge in [-0.05, 0) is 79.5 Å². The van der Waals surface area contributed by atoms with Gasteiger partial charge in [-0.2, -0.15) is 13.2 Å². The molecule has 1 saturated carbocycles. The topological polar surface area (TPSA) is 42.0 Å². The van der Waals surface area contributed by atoms with Gasteiger partial charge in [0.05, 0.1) is 11.1 Å². The minimum Gasteiger partial charge on any atom is -0.326 e. The van der Waals surface area contributed by atoms with Crippen molar-refractivity contribution in [3.05, 3.63) is 71.9 Å². The first-order valence-corrected chi connectivity index (χ1v) is 10.6. The number of carbonyl (C=O) groups excluding carboxylic acids is 1. The Labute approximate surface area is 179 Å². The number of anilines is 1. The summed E-state index contributed by atoms with van der Waals surface area (Å²) in [5.41, 5.74) is 2.00. The normalized spacial score (nSPS) is 20.4. The third-order valence-corrected chi connectivity index (χ3v) is 6.49. The molecule has 1 heterocycles. The third kappa shape index (κ3) is 4.73. The molecular formula is C25H25F3N2O. The van der Waals surface area contributed by atoms with Gasteiger partial charge < -0.3 is 5.32 Å². The molecule has 0 bridgehead atoms. The lowest BCUT2D eigenvalue weighted by molar-refractivity contribution is -0.137. The van der Waals surface area contributed by atoms with Crippen LogP contribution in [0, 0.1) is 11.8 Å². The second kappa shape index (κ2) is 8.69. The Morgan fingerprint density at radius 2 is 1.68 bits per heavy atom. The van der Waals surface area contributed by atoms with Crippen molar-refractivity contribution in [3.8, 4) is 0 Å². The van der Waals surface area contributed by atoms with E-state index in [9.17, 15) is 18.0 Å². The molecule has 1 aliphatic rings. The number of fused-ring (bicyclic) bond motifs is 1. The van der Waals surface area contributed by atoms with E-state index in [1.54, 1.807) is 0 Å². The van der Waals surface area contributed by atoms with Crippen LogP contribution in [-0.4, -0.2) is 10.9 Å². The van der Waals surface area contributed by atoms with E-state index in [1.807, 2.05) is 31.3 Å². The number of amides is 1. The maximum atomic E-state index is 12.7. The largest absolute Gasteiger partial charge is 0.416 e. The number of halogens is 3. The number of hydrogen-bond acceptors (Lipinski definition) is 2. The quantitative estimate of drug-likeness (QED) is 0.498. The first-order chi connectivity index (χ1) is 14.8. The van der Waals surface area contributed by atoms with Crippen LogP contribution in [0.4, 0.5) is 18.9 Å². The van der Waals surface area contributed by atoms with Crippen LogP contribution in [0.5, 0.6) is 0 Å². The van der Waals surface area contributed by atoms with Crippen molar-refractivity contribution in [3.63, 3.8) is 0 Å². The minimum atomic E-state index is -4.38. The molecule has 0 spiro atoms. The van der Waals surface area contributed by atoms with Crippen molar-refractivity contribution in [2.24, 2.45) is 11.8 Å². The maximum absolute atomic E-state index is 12.7. The van der Waals surface area contributed by atoms with Gasteiger partial charge in [0.2, 0.25) is 5.91 Å². The Hall–Kier alpha value is -2.89. The predicted octanol–water partition coefficient (Wildman–Crippen LogP) is 6.80. The summed E-state index contributed by atoms with van der Waals surface area (Å²) in [7, 11) is 0. The Bertz CT molecular complexity index is 1050. The van der Waals surface area contributed by atoms with Gasteiger partial charge in [0.15, 0.2) is 0 Å². The number of hydrogen-bond donors (Lipinski definition) is 1. The van der Waals surface area contributed by atoms with Crippen LogP contribution in [0.3, 0.4) is 0 Å². The number of nitrogens with one attached hydrogen (secondary N) is 1. The van der Waals surface area contributed by atoms with E-state index in [2.05, 4.69) is 22.4 Å². The third-order valence-electron chi connectivity index (χ3n) is 6.49. The van der Waals surface area contributed by atoms with Gasteiger partial charge in [0.1, 0.15) is 0 Å². The highest BCUT2D eigenvalue weighted by Gasteiger charge is 2.31. The molecule has 0 saturated heterocycles. The van der Waals surface area contributed by atoms with Crippen LogP contribution < -0.4 is 5.32 Å². The van der Waals surface area contributed by atoms with E-state index in [4.69, 9.17) is 0 Å². The van der Waals surface area contributed by atoms with Crippen molar-refractivity contribution in [2.45, 2.75) is 44.7 Å². The highest BCUT2D eigenvalue weighted by atomic mass is 19.4. The summed E-state index contributed by atoms with van der Waals surface area (Å²) in [5, 5.41) is 3.97. The molecule has 3 nitrogen and oxygen atoms in total. The second-order valence-electron chi connectivity index (χ2n) is 8.38. The molecule has 1 N–H and O–H groups in total. The molecule has 1 aliphatic carbocycles. The molecule has 1 fully saturated rings. The fraction of sp³-hybridized carbons (Fsp3) is 0.360. The molecule has 162 valence electrons. The number of para-hydroxylation sites is 1. The number of pyridine rings is 1. The van der Waals surface area contributed by atoms with Crippen molar-refractivity contribution in [1.29, 1.82) is 0 Å². The first-order valence-electron chi connectivity index (χ1n) is 10.6. The molecule has 6 heteroatoms. The first kappa shape index (κ1) is 21.3. The van der Waals surface area contributed by atoms with Gasteiger partial charge in [0, 0.05) is 23.2 Å². The van der Waals surface area contributed by atoms with Crippen LogP contribution in [0.1, 0.15) is 49.7 Å². The standard InChI is InChI=1S/C25H25F3N2O/c1-16(24(31)30-20-12-10-19(11-13-20)25(26,27)28)17-6-8-18(9-7-17)21-14-15-29-23-5-3-2-4-22(21)23/h2-5,10-18H,6-9H2,1H3,(H,30,31). The lowest BCUT2D eigenvalue weighted by Gasteiger charge is -2.32. The fourth-order valence-electron chi connectivity index (χ4n) is 4.62. The molecule has 1 amide bonds. The average molecular weight is 426 g/mol. The summed E-state index contributed by atoms with van der Waals surface area (Å²) >= 11 is 0. The monoisotopic (exact) mass is 426 g/mol. The van der Waals surface area contributed by atoms with Crippen molar-refractivity contribution >= 4 is 22.5 Å². The summed E-state index contributed by atoms with van der Waals surface area (Å²) in [6.45, 7) is 1.91. The van der Waals surface area contributed by atoms with Crippen LogP contribution in [-0.2, 0) is 11.0 Å². The molecule has 1 aromatic heterocycles. The van der Waals surface area contributed by atoms with Gasteiger partial charge in [0.25, 0.3) is 0 Å². The van der Waals surface area contributed by atoms with Gasteiger partial charge in [-0.15, -0.1) is 0 Å². The maximum Gasteiger partial charge on any atom is 0.416 e. The number of nitrogens with zero attached hydrogens (tertiary/aromatic N) is 1. The molecule has 0 radical (unpaired) electrons. The van der Waals surface area contributed by atoms with Crippen molar-refractivity contribution in [1.82, 2.24) is 4.98 Å². The summed E-state index contributed by atoms with van der Waals surface area (Å²) in [6.07, 6.45) is 1.40. The average Bonchev–Trinajstić information content (AvgIpc) is 2.78. The lowest BCUT2D eigenvalue weighted by Crippen LogP contribution is -2.29. The SMILES string of the molecule is CC(C(=O)Nc1ccc(C(F)(F)F)cc1)C1CCC(c2ccnc3ccccc23)CC1.